The zero-order valence-corrected chi connectivity index (χ0v) is 13.5. The van der Waals surface area contributed by atoms with Crippen molar-refractivity contribution < 1.29 is 13.5 Å². The molecule has 20 heavy (non-hydrogen) atoms. The van der Waals surface area contributed by atoms with Gasteiger partial charge in [-0.15, -0.1) is 11.3 Å². The lowest BCUT2D eigenvalue weighted by Crippen LogP contribution is -2.41. The van der Waals surface area contributed by atoms with Crippen LogP contribution in [0, 0.1) is 11.8 Å². The molecule has 0 saturated carbocycles. The van der Waals surface area contributed by atoms with E-state index < -0.39 is 10.2 Å². The standard InChI is InChI=1S/C13H20N2O3S2/c1-11(2)15(3)20(17,18)14-10-13-8-7-12(19-13)6-4-5-9-16/h7-8,11,14,16H,5,9-10H2,1-3H3. The first-order valence-corrected chi connectivity index (χ1v) is 8.53. The van der Waals surface area contributed by atoms with Gasteiger partial charge in [-0.05, 0) is 26.0 Å². The highest BCUT2D eigenvalue weighted by Crippen LogP contribution is 2.15. The average molecular weight is 316 g/mol. The molecule has 112 valence electrons. The first kappa shape index (κ1) is 17.1. The summed E-state index contributed by atoms with van der Waals surface area (Å²) in [5, 5.41) is 8.64. The van der Waals surface area contributed by atoms with E-state index in [0.717, 1.165) is 9.75 Å². The average Bonchev–Trinajstić information content (AvgIpc) is 2.84. The van der Waals surface area contributed by atoms with Gasteiger partial charge in [-0.25, -0.2) is 0 Å². The fourth-order valence-electron chi connectivity index (χ4n) is 1.29. The second kappa shape index (κ2) is 7.76. The third kappa shape index (κ3) is 5.23. The molecule has 0 aromatic carbocycles. The zero-order valence-electron chi connectivity index (χ0n) is 11.9. The van der Waals surface area contributed by atoms with Crippen molar-refractivity contribution in [1.82, 2.24) is 9.03 Å². The quantitative estimate of drug-likeness (QED) is 0.774. The van der Waals surface area contributed by atoms with Crippen molar-refractivity contribution >= 4 is 21.5 Å². The van der Waals surface area contributed by atoms with Crippen molar-refractivity contribution in [2.45, 2.75) is 32.9 Å². The van der Waals surface area contributed by atoms with E-state index in [9.17, 15) is 8.42 Å². The Morgan fingerprint density at radius 3 is 2.75 bits per heavy atom. The zero-order chi connectivity index (χ0) is 15.2. The smallest absolute Gasteiger partial charge is 0.279 e. The van der Waals surface area contributed by atoms with Crippen LogP contribution in [0.2, 0.25) is 0 Å². The predicted molar refractivity (Wildman–Crippen MR) is 81.6 cm³/mol. The van der Waals surface area contributed by atoms with Gasteiger partial charge >= 0.3 is 0 Å². The van der Waals surface area contributed by atoms with Gasteiger partial charge in [-0.3, -0.25) is 0 Å². The SMILES string of the molecule is CC(C)N(C)S(=O)(=O)NCc1ccc(C#CCCO)s1. The monoisotopic (exact) mass is 316 g/mol. The summed E-state index contributed by atoms with van der Waals surface area (Å²) in [7, 11) is -1.90. The molecule has 0 amide bonds. The van der Waals surface area contributed by atoms with E-state index in [1.807, 2.05) is 26.0 Å². The maximum atomic E-state index is 11.9. The molecular formula is C13H20N2O3S2. The molecule has 0 unspecified atom stereocenters. The number of thiophene rings is 1. The van der Waals surface area contributed by atoms with Crippen molar-refractivity contribution in [3.05, 3.63) is 21.9 Å². The lowest BCUT2D eigenvalue weighted by atomic mass is 10.4. The van der Waals surface area contributed by atoms with Crippen LogP contribution in [0.3, 0.4) is 0 Å². The minimum atomic E-state index is -3.45. The summed E-state index contributed by atoms with van der Waals surface area (Å²) in [4.78, 5) is 1.77. The van der Waals surface area contributed by atoms with Gasteiger partial charge in [-0.1, -0.05) is 11.8 Å². The molecule has 1 heterocycles. The maximum Gasteiger partial charge on any atom is 0.279 e. The number of nitrogens with zero attached hydrogens (tertiary/aromatic N) is 1. The molecule has 1 rings (SSSR count). The van der Waals surface area contributed by atoms with Crippen molar-refractivity contribution in [3.8, 4) is 11.8 Å². The van der Waals surface area contributed by atoms with Crippen LogP contribution in [0.5, 0.6) is 0 Å². The number of hydrogen-bond donors (Lipinski definition) is 2. The van der Waals surface area contributed by atoms with Gasteiger partial charge in [0.05, 0.1) is 11.5 Å². The van der Waals surface area contributed by atoms with Crippen molar-refractivity contribution in [2.24, 2.45) is 0 Å². The van der Waals surface area contributed by atoms with Crippen LogP contribution < -0.4 is 4.72 Å². The fraction of sp³-hybridized carbons (Fsp3) is 0.538. The molecule has 1 aromatic heterocycles. The lowest BCUT2D eigenvalue weighted by Gasteiger charge is -2.20. The minimum absolute atomic E-state index is 0.0482. The Hall–Kier alpha value is -0.910. The largest absolute Gasteiger partial charge is 0.395 e. The van der Waals surface area contributed by atoms with Gasteiger partial charge in [-0.2, -0.15) is 17.4 Å². The molecule has 0 bridgehead atoms. The first-order chi connectivity index (χ1) is 9.36. The second-order valence-electron chi connectivity index (χ2n) is 4.48. The van der Waals surface area contributed by atoms with E-state index in [2.05, 4.69) is 16.6 Å². The highest BCUT2D eigenvalue weighted by molar-refractivity contribution is 7.87. The normalized spacial score (nSPS) is 11.7. The molecule has 0 aliphatic heterocycles. The molecule has 0 atom stereocenters. The van der Waals surface area contributed by atoms with Crippen LogP contribution in [0.15, 0.2) is 12.1 Å². The Morgan fingerprint density at radius 1 is 1.45 bits per heavy atom. The molecule has 0 radical (unpaired) electrons. The minimum Gasteiger partial charge on any atom is -0.395 e. The highest BCUT2D eigenvalue weighted by atomic mass is 32.2. The number of nitrogens with one attached hydrogen (secondary N) is 1. The summed E-state index contributed by atoms with van der Waals surface area (Å²) in [6.07, 6.45) is 0.443. The Bertz CT molecular complexity index is 582. The Labute approximate surface area is 124 Å². The molecule has 7 heteroatoms. The number of aliphatic hydroxyl groups is 1. The van der Waals surface area contributed by atoms with Crippen LogP contribution >= 0.6 is 11.3 Å². The molecule has 0 spiro atoms. The molecule has 0 saturated heterocycles. The summed E-state index contributed by atoms with van der Waals surface area (Å²) in [6.45, 7) is 3.94. The summed E-state index contributed by atoms with van der Waals surface area (Å²) in [5.74, 6) is 5.76. The van der Waals surface area contributed by atoms with Crippen molar-refractivity contribution in [1.29, 1.82) is 0 Å². The first-order valence-electron chi connectivity index (χ1n) is 6.28. The summed E-state index contributed by atoms with van der Waals surface area (Å²) in [6, 6.07) is 3.62. The third-order valence-electron chi connectivity index (χ3n) is 2.65. The van der Waals surface area contributed by atoms with Gasteiger partial charge in [0, 0.05) is 30.9 Å². The number of aliphatic hydroxyl groups excluding tert-OH is 1. The van der Waals surface area contributed by atoms with Crippen LogP contribution in [0.1, 0.15) is 30.0 Å². The molecule has 5 nitrogen and oxygen atoms in total. The Balaban J connectivity index is 2.61. The molecule has 1 aromatic rings. The molecule has 0 aliphatic rings. The Morgan fingerprint density at radius 2 is 2.15 bits per heavy atom. The highest BCUT2D eigenvalue weighted by Gasteiger charge is 2.19. The maximum absolute atomic E-state index is 11.9. The molecule has 0 fully saturated rings. The lowest BCUT2D eigenvalue weighted by molar-refractivity contribution is 0.305. The van der Waals surface area contributed by atoms with Crippen LogP contribution in [0.4, 0.5) is 0 Å². The second-order valence-corrected chi connectivity index (χ2v) is 7.46. The predicted octanol–water partition coefficient (Wildman–Crippen LogP) is 1.16. The molecular weight excluding hydrogens is 296 g/mol. The van der Waals surface area contributed by atoms with Gasteiger partial charge < -0.3 is 5.11 Å². The molecule has 0 aliphatic carbocycles. The van der Waals surface area contributed by atoms with Gasteiger partial charge in [0.2, 0.25) is 0 Å². The molecule has 2 N–H and O–H groups in total. The number of hydrogen-bond acceptors (Lipinski definition) is 4. The van der Waals surface area contributed by atoms with E-state index in [4.69, 9.17) is 5.11 Å². The van der Waals surface area contributed by atoms with E-state index in [-0.39, 0.29) is 19.2 Å². The fourth-order valence-corrected chi connectivity index (χ4v) is 3.30. The van der Waals surface area contributed by atoms with E-state index in [0.29, 0.717) is 6.42 Å². The number of rotatable bonds is 6. The van der Waals surface area contributed by atoms with Crippen LogP contribution in [-0.4, -0.2) is 37.5 Å². The summed E-state index contributed by atoms with van der Waals surface area (Å²) >= 11 is 1.44. The van der Waals surface area contributed by atoms with E-state index in [1.165, 1.54) is 15.6 Å². The van der Waals surface area contributed by atoms with Gasteiger partial charge in [0.25, 0.3) is 10.2 Å². The van der Waals surface area contributed by atoms with Crippen molar-refractivity contribution in [3.63, 3.8) is 0 Å². The topological polar surface area (TPSA) is 69.6 Å². The van der Waals surface area contributed by atoms with E-state index >= 15 is 0 Å². The van der Waals surface area contributed by atoms with Gasteiger partial charge in [0.1, 0.15) is 0 Å². The summed E-state index contributed by atoms with van der Waals surface area (Å²) < 4.78 is 27.7. The van der Waals surface area contributed by atoms with Crippen LogP contribution in [0.25, 0.3) is 0 Å². The van der Waals surface area contributed by atoms with Crippen LogP contribution in [-0.2, 0) is 16.8 Å². The third-order valence-corrected chi connectivity index (χ3v) is 5.33. The van der Waals surface area contributed by atoms with E-state index in [1.54, 1.807) is 7.05 Å². The summed E-state index contributed by atoms with van der Waals surface area (Å²) in [5.41, 5.74) is 0. The Kier molecular flexibility index (Phi) is 6.65. The van der Waals surface area contributed by atoms with Gasteiger partial charge in [0.15, 0.2) is 0 Å². The van der Waals surface area contributed by atoms with Crippen molar-refractivity contribution in [2.75, 3.05) is 13.7 Å².